The van der Waals surface area contributed by atoms with Gasteiger partial charge in [-0.15, -0.1) is 0 Å². The van der Waals surface area contributed by atoms with Gasteiger partial charge in [0.1, 0.15) is 12.3 Å². The van der Waals surface area contributed by atoms with Crippen LogP contribution in [0.4, 0.5) is 0 Å². The molecule has 164 valence electrons. The van der Waals surface area contributed by atoms with E-state index in [2.05, 4.69) is 0 Å². The van der Waals surface area contributed by atoms with Crippen LogP contribution >= 0.6 is 11.6 Å². The molecule has 0 saturated carbocycles. The van der Waals surface area contributed by atoms with E-state index in [0.717, 1.165) is 5.56 Å². The Kier molecular flexibility index (Phi) is 6.53. The summed E-state index contributed by atoms with van der Waals surface area (Å²) in [5.74, 6) is -1.22. The topological polar surface area (TPSA) is 83.7 Å². The molecule has 7 heteroatoms. The van der Waals surface area contributed by atoms with E-state index >= 15 is 0 Å². The Morgan fingerprint density at radius 2 is 1.53 bits per heavy atom. The number of hydrogen-bond acceptors (Lipinski definition) is 4. The Morgan fingerprint density at radius 1 is 0.938 bits per heavy atom. The van der Waals surface area contributed by atoms with Crippen molar-refractivity contribution in [2.75, 3.05) is 0 Å². The molecule has 3 aromatic rings. The number of nitrogens with zero attached hydrogens (tertiary/aromatic N) is 2. The van der Waals surface area contributed by atoms with Crippen molar-refractivity contribution in [3.8, 4) is 0 Å². The molecule has 4 rings (SSSR count). The van der Waals surface area contributed by atoms with Crippen molar-refractivity contribution >= 4 is 18.0 Å². The smallest absolute Gasteiger partial charge is 0.244 e. The van der Waals surface area contributed by atoms with Crippen LogP contribution in [0.3, 0.4) is 0 Å². The van der Waals surface area contributed by atoms with Gasteiger partial charge < -0.3 is 10.0 Å². The molecule has 0 radical (unpaired) electrons. The fourth-order valence-corrected chi connectivity index (χ4v) is 4.96. The predicted molar refractivity (Wildman–Crippen MR) is 122 cm³/mol. The first kappa shape index (κ1) is 22.0. The molecule has 32 heavy (non-hydrogen) atoms. The number of aliphatic hydroxyl groups is 1. The zero-order valence-electron chi connectivity index (χ0n) is 17.2. The number of likely N-dealkylation sites (tertiary alicyclic amines) is 1. The number of carbonyl (C=O) groups is 1. The number of carbonyl (C=O) groups excluding carboxylic acids is 1. The monoisotopic (exact) mass is 450 g/mol. The number of nitro groups is 1. The van der Waals surface area contributed by atoms with Crippen molar-refractivity contribution in [3.05, 3.63) is 117 Å². The SMILES string of the molecule is O=CN1[C@H](c2ccccc2)[C@@H]([N+](=O)[O-])[C@H](c2ccc(Cl)cc2)[C@@H](Cc2ccccc2)[C@@H]1O. The number of hydrogen-bond donors (Lipinski definition) is 1. The van der Waals surface area contributed by atoms with Gasteiger partial charge in [0.25, 0.3) is 0 Å². The minimum Gasteiger partial charge on any atom is -0.373 e. The Balaban J connectivity index is 1.88. The first-order chi connectivity index (χ1) is 15.5. The van der Waals surface area contributed by atoms with Crippen LogP contribution in [0.1, 0.15) is 28.7 Å². The Hall–Kier alpha value is -3.22. The average molecular weight is 451 g/mol. The summed E-state index contributed by atoms with van der Waals surface area (Å²) in [6, 6.07) is 23.2. The van der Waals surface area contributed by atoms with Crippen LogP contribution in [0, 0.1) is 16.0 Å². The summed E-state index contributed by atoms with van der Waals surface area (Å²) in [5, 5.41) is 24.4. The van der Waals surface area contributed by atoms with E-state index in [0.29, 0.717) is 29.0 Å². The highest BCUT2D eigenvalue weighted by Gasteiger charge is 2.55. The van der Waals surface area contributed by atoms with Gasteiger partial charge in [-0.3, -0.25) is 14.9 Å². The van der Waals surface area contributed by atoms with Crippen LogP contribution in [0.2, 0.25) is 5.02 Å². The molecule has 0 aliphatic carbocycles. The third-order valence-corrected chi connectivity index (χ3v) is 6.49. The number of amides is 1. The lowest BCUT2D eigenvalue weighted by Gasteiger charge is -2.47. The van der Waals surface area contributed by atoms with Gasteiger partial charge in [0.15, 0.2) is 0 Å². The fourth-order valence-electron chi connectivity index (χ4n) is 4.84. The number of piperidine rings is 1. The summed E-state index contributed by atoms with van der Waals surface area (Å²) in [6.45, 7) is 0. The second-order valence-corrected chi connectivity index (χ2v) is 8.47. The molecule has 3 aromatic carbocycles. The van der Waals surface area contributed by atoms with E-state index in [1.807, 2.05) is 36.4 Å². The van der Waals surface area contributed by atoms with Crippen LogP contribution < -0.4 is 0 Å². The van der Waals surface area contributed by atoms with Crippen LogP contribution in [-0.2, 0) is 11.2 Å². The van der Waals surface area contributed by atoms with Crippen molar-refractivity contribution in [1.82, 2.24) is 4.90 Å². The Bertz CT molecular complexity index is 1060. The van der Waals surface area contributed by atoms with Crippen LogP contribution in [0.15, 0.2) is 84.9 Å². The molecule has 1 fully saturated rings. The number of aliphatic hydroxyl groups excluding tert-OH is 1. The summed E-state index contributed by atoms with van der Waals surface area (Å²) in [7, 11) is 0. The van der Waals surface area contributed by atoms with Crippen molar-refractivity contribution in [2.45, 2.75) is 30.7 Å². The molecule has 1 heterocycles. The molecule has 1 amide bonds. The lowest BCUT2D eigenvalue weighted by molar-refractivity contribution is -0.543. The van der Waals surface area contributed by atoms with Crippen molar-refractivity contribution in [1.29, 1.82) is 0 Å². The summed E-state index contributed by atoms with van der Waals surface area (Å²) < 4.78 is 0. The maximum atomic E-state index is 12.5. The summed E-state index contributed by atoms with van der Waals surface area (Å²) >= 11 is 6.08. The maximum absolute atomic E-state index is 12.5. The van der Waals surface area contributed by atoms with Crippen molar-refractivity contribution < 1.29 is 14.8 Å². The molecule has 1 N–H and O–H groups in total. The van der Waals surface area contributed by atoms with Gasteiger partial charge in [-0.05, 0) is 35.2 Å². The molecule has 5 atom stereocenters. The molecular weight excluding hydrogens is 428 g/mol. The van der Waals surface area contributed by atoms with Crippen LogP contribution in [0.5, 0.6) is 0 Å². The van der Waals surface area contributed by atoms with Gasteiger partial charge in [-0.2, -0.15) is 0 Å². The minimum atomic E-state index is -1.20. The quantitative estimate of drug-likeness (QED) is 0.341. The highest BCUT2D eigenvalue weighted by atomic mass is 35.5. The van der Waals surface area contributed by atoms with Gasteiger partial charge in [0.05, 0.1) is 5.92 Å². The van der Waals surface area contributed by atoms with E-state index in [4.69, 9.17) is 11.6 Å². The molecule has 0 aromatic heterocycles. The minimum absolute atomic E-state index is 0.322. The van der Waals surface area contributed by atoms with Gasteiger partial charge in [-0.25, -0.2) is 0 Å². The van der Waals surface area contributed by atoms with Crippen molar-refractivity contribution in [2.24, 2.45) is 5.92 Å². The molecule has 1 aliphatic rings. The number of halogens is 1. The summed E-state index contributed by atoms with van der Waals surface area (Å²) in [6.07, 6.45) is -0.296. The van der Waals surface area contributed by atoms with Crippen LogP contribution in [-0.4, -0.2) is 33.6 Å². The van der Waals surface area contributed by atoms with E-state index < -0.39 is 30.1 Å². The van der Waals surface area contributed by atoms with E-state index in [-0.39, 0.29) is 4.92 Å². The number of rotatable bonds is 6. The van der Waals surface area contributed by atoms with Crippen LogP contribution in [0.25, 0.3) is 0 Å². The highest BCUT2D eigenvalue weighted by molar-refractivity contribution is 6.30. The first-order valence-corrected chi connectivity index (χ1v) is 10.8. The molecule has 6 nitrogen and oxygen atoms in total. The normalized spacial score (nSPS) is 25.3. The van der Waals surface area contributed by atoms with Gasteiger partial charge in [0, 0.05) is 15.9 Å². The molecule has 0 bridgehead atoms. The van der Waals surface area contributed by atoms with Gasteiger partial charge in [-0.1, -0.05) is 84.4 Å². The second kappa shape index (κ2) is 9.51. The standard InChI is InChI=1S/C25H23ClN2O4/c26-20-13-11-18(12-14-20)22-21(15-17-7-3-1-4-8-17)25(30)27(16-29)23(24(22)28(31)32)19-9-5-2-6-10-19/h1-14,16,21-25,30H,15H2/t21-,22-,23-,24+,25+/m1/s1. The Morgan fingerprint density at radius 3 is 2.09 bits per heavy atom. The molecule has 1 saturated heterocycles. The number of benzene rings is 3. The zero-order valence-corrected chi connectivity index (χ0v) is 18.0. The lowest BCUT2D eigenvalue weighted by Crippen LogP contribution is -2.58. The second-order valence-electron chi connectivity index (χ2n) is 8.03. The zero-order chi connectivity index (χ0) is 22.7. The lowest BCUT2D eigenvalue weighted by atomic mass is 9.70. The largest absolute Gasteiger partial charge is 0.373 e. The Labute approximate surface area is 191 Å². The molecule has 0 spiro atoms. The summed E-state index contributed by atoms with van der Waals surface area (Å²) in [5.41, 5.74) is 2.25. The van der Waals surface area contributed by atoms with Gasteiger partial charge >= 0.3 is 0 Å². The van der Waals surface area contributed by atoms with Crippen molar-refractivity contribution in [3.63, 3.8) is 0 Å². The predicted octanol–water partition coefficient (Wildman–Crippen LogP) is 4.46. The van der Waals surface area contributed by atoms with E-state index in [1.54, 1.807) is 48.5 Å². The first-order valence-electron chi connectivity index (χ1n) is 10.4. The van der Waals surface area contributed by atoms with Gasteiger partial charge in [0.2, 0.25) is 12.5 Å². The third kappa shape index (κ3) is 4.24. The molecule has 1 aliphatic heterocycles. The van der Waals surface area contributed by atoms with E-state index in [9.17, 15) is 20.0 Å². The maximum Gasteiger partial charge on any atom is 0.244 e. The third-order valence-electron chi connectivity index (χ3n) is 6.24. The summed E-state index contributed by atoms with van der Waals surface area (Å²) in [4.78, 5) is 25.5. The fraction of sp³-hybridized carbons (Fsp3) is 0.240. The highest BCUT2D eigenvalue weighted by Crippen LogP contribution is 2.47. The molecular formula is C25H23ClN2O4. The average Bonchev–Trinajstić information content (AvgIpc) is 2.81. The molecule has 0 unspecified atom stereocenters. The van der Waals surface area contributed by atoms with E-state index in [1.165, 1.54) is 4.90 Å².